The summed E-state index contributed by atoms with van der Waals surface area (Å²) in [5, 5.41) is 18.2. The first-order chi connectivity index (χ1) is 18.3. The molecule has 39 heavy (non-hydrogen) atoms. The van der Waals surface area contributed by atoms with Crippen LogP contribution in [-0.4, -0.2) is 63.9 Å². The third kappa shape index (κ3) is 9.40. The Morgan fingerprint density at radius 1 is 0.923 bits per heavy atom. The lowest BCUT2D eigenvalue weighted by Crippen LogP contribution is -2.59. The largest absolute Gasteiger partial charge is 0.480 e. The standard InChI is InChI=1S/C27H40N6O6/c1-14(2)11-21(27(38)39)32-26(37)23(15(3)4)33-25(36)20(31-24(35)18(28)9-10-22(29)34)12-16-13-30-19-8-6-5-7-17(16)19/h5-8,13-15,18,20-21,23,30H,9-12,28H2,1-4H3,(H2,29,34)(H,31,35)(H,32,37)(H,33,36)(H,38,39). The SMILES string of the molecule is CC(C)CC(NC(=O)C(NC(=O)C(Cc1c[nH]c2ccccc12)NC(=O)C(N)CCC(N)=O)C(C)C)C(=O)O. The van der Waals surface area contributed by atoms with E-state index in [1.807, 2.05) is 38.1 Å². The van der Waals surface area contributed by atoms with Crippen LogP contribution in [0, 0.1) is 11.8 Å². The van der Waals surface area contributed by atoms with E-state index in [9.17, 15) is 29.1 Å². The second-order valence-corrected chi connectivity index (χ2v) is 10.5. The fraction of sp³-hybridized carbons (Fsp3) is 0.519. The van der Waals surface area contributed by atoms with Crippen molar-refractivity contribution in [1.29, 1.82) is 0 Å². The van der Waals surface area contributed by atoms with Gasteiger partial charge in [0.2, 0.25) is 23.6 Å². The van der Waals surface area contributed by atoms with Crippen molar-refractivity contribution >= 4 is 40.5 Å². The van der Waals surface area contributed by atoms with E-state index in [2.05, 4.69) is 20.9 Å². The molecule has 0 saturated heterocycles. The maximum Gasteiger partial charge on any atom is 0.326 e. The van der Waals surface area contributed by atoms with Gasteiger partial charge in [-0.15, -0.1) is 0 Å². The molecule has 2 aromatic rings. The number of H-pyrrole nitrogens is 1. The quantitative estimate of drug-likeness (QED) is 0.169. The van der Waals surface area contributed by atoms with Gasteiger partial charge in [0.25, 0.3) is 0 Å². The summed E-state index contributed by atoms with van der Waals surface area (Å²) < 4.78 is 0. The number of rotatable bonds is 15. The molecule has 0 bridgehead atoms. The highest BCUT2D eigenvalue weighted by atomic mass is 16.4. The molecule has 0 fully saturated rings. The number of aliphatic carboxylic acids is 1. The molecule has 1 heterocycles. The molecule has 12 nitrogen and oxygen atoms in total. The third-order valence-corrected chi connectivity index (χ3v) is 6.34. The number of carboxylic acids is 1. The molecule has 1 aromatic carbocycles. The number of nitrogens with one attached hydrogen (secondary N) is 4. The number of nitrogens with two attached hydrogens (primary N) is 2. The Hall–Kier alpha value is -3.93. The van der Waals surface area contributed by atoms with Crippen molar-refractivity contribution in [3.05, 3.63) is 36.0 Å². The molecule has 12 heteroatoms. The highest BCUT2D eigenvalue weighted by molar-refractivity contribution is 5.95. The van der Waals surface area contributed by atoms with Crippen LogP contribution in [0.1, 0.15) is 52.5 Å². The summed E-state index contributed by atoms with van der Waals surface area (Å²) >= 11 is 0. The zero-order valence-electron chi connectivity index (χ0n) is 22.8. The van der Waals surface area contributed by atoms with Gasteiger partial charge in [-0.25, -0.2) is 4.79 Å². The number of aromatic nitrogens is 1. The van der Waals surface area contributed by atoms with Crippen LogP contribution >= 0.6 is 0 Å². The first kappa shape index (κ1) is 31.3. The van der Waals surface area contributed by atoms with Crippen LogP contribution in [0.15, 0.2) is 30.5 Å². The minimum Gasteiger partial charge on any atom is -0.480 e. The normalized spacial score (nSPS) is 14.4. The van der Waals surface area contributed by atoms with Gasteiger partial charge in [-0.05, 0) is 36.3 Å². The number of fused-ring (bicyclic) bond motifs is 1. The number of carbonyl (C=O) groups excluding carboxylic acids is 4. The minimum atomic E-state index is -1.17. The Balaban J connectivity index is 2.27. The van der Waals surface area contributed by atoms with Gasteiger partial charge < -0.3 is 37.5 Å². The number of carbonyl (C=O) groups is 5. The number of carboxylic acid groups (broad SMARTS) is 1. The molecule has 4 atom stereocenters. The third-order valence-electron chi connectivity index (χ3n) is 6.34. The lowest BCUT2D eigenvalue weighted by Gasteiger charge is -2.27. The molecular formula is C27H40N6O6. The summed E-state index contributed by atoms with van der Waals surface area (Å²) in [6.45, 7) is 7.12. The van der Waals surface area contributed by atoms with Crippen molar-refractivity contribution in [1.82, 2.24) is 20.9 Å². The summed E-state index contributed by atoms with van der Waals surface area (Å²) in [7, 11) is 0. The molecule has 214 valence electrons. The predicted molar refractivity (Wildman–Crippen MR) is 146 cm³/mol. The highest BCUT2D eigenvalue weighted by Gasteiger charge is 2.32. The van der Waals surface area contributed by atoms with E-state index in [1.165, 1.54) is 0 Å². The summed E-state index contributed by atoms with van der Waals surface area (Å²) in [6.07, 6.45) is 1.96. The molecule has 4 amide bonds. The average Bonchev–Trinajstić information content (AvgIpc) is 3.26. The topological polar surface area (TPSA) is 210 Å². The van der Waals surface area contributed by atoms with Crippen LogP contribution < -0.4 is 27.4 Å². The second-order valence-electron chi connectivity index (χ2n) is 10.5. The van der Waals surface area contributed by atoms with Crippen LogP contribution in [0.5, 0.6) is 0 Å². The molecule has 2 rings (SSSR count). The van der Waals surface area contributed by atoms with Gasteiger partial charge in [0.1, 0.15) is 18.1 Å². The Kier molecular flexibility index (Phi) is 11.5. The monoisotopic (exact) mass is 544 g/mol. The van der Waals surface area contributed by atoms with E-state index in [-0.39, 0.29) is 37.5 Å². The number of benzene rings is 1. The van der Waals surface area contributed by atoms with Gasteiger partial charge in [0.05, 0.1) is 6.04 Å². The number of aromatic amines is 1. The zero-order chi connectivity index (χ0) is 29.3. The zero-order valence-corrected chi connectivity index (χ0v) is 22.8. The second kappa shape index (κ2) is 14.3. The van der Waals surface area contributed by atoms with E-state index in [1.54, 1.807) is 20.0 Å². The molecular weight excluding hydrogens is 504 g/mol. The van der Waals surface area contributed by atoms with E-state index in [0.29, 0.717) is 0 Å². The number of hydrogen-bond donors (Lipinski definition) is 7. The van der Waals surface area contributed by atoms with Crippen LogP contribution in [0.25, 0.3) is 10.9 Å². The summed E-state index contributed by atoms with van der Waals surface area (Å²) in [5.74, 6) is -4.06. The Morgan fingerprint density at radius 2 is 1.56 bits per heavy atom. The van der Waals surface area contributed by atoms with E-state index in [0.717, 1.165) is 16.5 Å². The van der Waals surface area contributed by atoms with Gasteiger partial charge >= 0.3 is 5.97 Å². The molecule has 0 aliphatic heterocycles. The summed E-state index contributed by atoms with van der Waals surface area (Å²) in [6, 6.07) is 3.11. The van der Waals surface area contributed by atoms with Crippen molar-refractivity contribution in [2.24, 2.45) is 23.3 Å². The number of primary amides is 1. The Bertz CT molecular complexity index is 1180. The van der Waals surface area contributed by atoms with Crippen molar-refractivity contribution in [2.75, 3.05) is 0 Å². The van der Waals surface area contributed by atoms with Gasteiger partial charge in [-0.1, -0.05) is 45.9 Å². The Morgan fingerprint density at radius 3 is 2.15 bits per heavy atom. The molecule has 1 aromatic heterocycles. The minimum absolute atomic E-state index is 0.00600. The van der Waals surface area contributed by atoms with E-state index < -0.39 is 53.8 Å². The van der Waals surface area contributed by atoms with Crippen molar-refractivity contribution in [2.45, 2.75) is 77.5 Å². The van der Waals surface area contributed by atoms with Crippen LogP contribution in [0.2, 0.25) is 0 Å². The molecule has 0 saturated carbocycles. The number of para-hydroxylation sites is 1. The average molecular weight is 545 g/mol. The van der Waals surface area contributed by atoms with Gasteiger partial charge in [0, 0.05) is 29.9 Å². The first-order valence-corrected chi connectivity index (χ1v) is 13.0. The summed E-state index contributed by atoms with van der Waals surface area (Å²) in [5.41, 5.74) is 12.7. The van der Waals surface area contributed by atoms with Gasteiger partial charge in [-0.3, -0.25) is 19.2 Å². The molecule has 0 radical (unpaired) electrons. The molecule has 0 aliphatic carbocycles. The highest BCUT2D eigenvalue weighted by Crippen LogP contribution is 2.19. The summed E-state index contributed by atoms with van der Waals surface area (Å²) in [4.78, 5) is 65.3. The first-order valence-electron chi connectivity index (χ1n) is 13.0. The molecule has 4 unspecified atom stereocenters. The molecule has 0 spiro atoms. The molecule has 0 aliphatic rings. The fourth-order valence-corrected chi connectivity index (χ4v) is 4.18. The molecule has 9 N–H and O–H groups in total. The predicted octanol–water partition coefficient (Wildman–Crippen LogP) is 0.544. The maximum absolute atomic E-state index is 13.5. The Labute approximate surface area is 227 Å². The maximum atomic E-state index is 13.5. The van der Waals surface area contributed by atoms with Crippen molar-refractivity contribution < 1.29 is 29.1 Å². The van der Waals surface area contributed by atoms with Crippen LogP contribution in [0.3, 0.4) is 0 Å². The lowest BCUT2D eigenvalue weighted by atomic mass is 9.99. The number of amides is 4. The van der Waals surface area contributed by atoms with E-state index in [4.69, 9.17) is 11.5 Å². The van der Waals surface area contributed by atoms with Crippen LogP contribution in [0.4, 0.5) is 0 Å². The van der Waals surface area contributed by atoms with Crippen molar-refractivity contribution in [3.63, 3.8) is 0 Å². The fourth-order valence-electron chi connectivity index (χ4n) is 4.18. The van der Waals surface area contributed by atoms with Crippen LogP contribution in [-0.2, 0) is 30.4 Å². The van der Waals surface area contributed by atoms with Gasteiger partial charge in [0.15, 0.2) is 0 Å². The number of hydrogen-bond acceptors (Lipinski definition) is 6. The lowest BCUT2D eigenvalue weighted by molar-refractivity contribution is -0.143. The smallest absolute Gasteiger partial charge is 0.326 e. The van der Waals surface area contributed by atoms with Gasteiger partial charge in [-0.2, -0.15) is 0 Å². The van der Waals surface area contributed by atoms with Crippen molar-refractivity contribution in [3.8, 4) is 0 Å². The van der Waals surface area contributed by atoms with E-state index >= 15 is 0 Å².